The van der Waals surface area contributed by atoms with Gasteiger partial charge in [0.15, 0.2) is 0 Å². The summed E-state index contributed by atoms with van der Waals surface area (Å²) < 4.78 is 0. The van der Waals surface area contributed by atoms with E-state index >= 15 is 0 Å². The van der Waals surface area contributed by atoms with Crippen LogP contribution in [0.3, 0.4) is 0 Å². The molecule has 0 aliphatic heterocycles. The molecular formula is C16H19NO. The molecule has 2 nitrogen and oxygen atoms in total. The van der Waals surface area contributed by atoms with Gasteiger partial charge < -0.3 is 10.8 Å². The fraction of sp³-hybridized carbons (Fsp3) is 0.250. The van der Waals surface area contributed by atoms with Gasteiger partial charge in [-0.05, 0) is 23.6 Å². The molecule has 0 saturated carbocycles. The van der Waals surface area contributed by atoms with Gasteiger partial charge in [0.25, 0.3) is 0 Å². The van der Waals surface area contributed by atoms with Crippen LogP contribution in [-0.4, -0.2) is 11.7 Å². The van der Waals surface area contributed by atoms with Crippen molar-refractivity contribution in [2.75, 3.05) is 6.54 Å². The van der Waals surface area contributed by atoms with Crippen molar-refractivity contribution in [2.24, 2.45) is 5.73 Å². The van der Waals surface area contributed by atoms with Gasteiger partial charge in [-0.25, -0.2) is 0 Å². The third-order valence-corrected chi connectivity index (χ3v) is 3.37. The van der Waals surface area contributed by atoms with Crippen molar-refractivity contribution in [1.29, 1.82) is 0 Å². The molecule has 2 aromatic rings. The Kier molecular flexibility index (Phi) is 4.13. The molecule has 2 atom stereocenters. The molecule has 0 radical (unpaired) electrons. The lowest BCUT2D eigenvalue weighted by Crippen LogP contribution is -2.20. The predicted octanol–water partition coefficient (Wildman–Crippen LogP) is 2.77. The highest BCUT2D eigenvalue weighted by Crippen LogP contribution is 2.31. The Balaban J connectivity index is 2.32. The van der Waals surface area contributed by atoms with E-state index in [4.69, 9.17) is 5.73 Å². The van der Waals surface area contributed by atoms with Gasteiger partial charge >= 0.3 is 0 Å². The van der Waals surface area contributed by atoms with E-state index in [0.29, 0.717) is 6.54 Å². The summed E-state index contributed by atoms with van der Waals surface area (Å²) >= 11 is 0. The van der Waals surface area contributed by atoms with Gasteiger partial charge in [0, 0.05) is 12.5 Å². The molecule has 18 heavy (non-hydrogen) atoms. The van der Waals surface area contributed by atoms with Gasteiger partial charge in [-0.15, -0.1) is 0 Å². The van der Waals surface area contributed by atoms with Crippen molar-refractivity contribution < 1.29 is 5.11 Å². The van der Waals surface area contributed by atoms with Gasteiger partial charge in [-0.3, -0.25) is 0 Å². The van der Waals surface area contributed by atoms with Crippen molar-refractivity contribution in [2.45, 2.75) is 18.9 Å². The maximum Gasteiger partial charge on any atom is 0.0873 e. The SMILES string of the molecule is Cc1ccccc1C(O)C(CN)c1ccccc1. The molecule has 0 fully saturated rings. The number of benzene rings is 2. The number of aliphatic hydroxyl groups excluding tert-OH is 1. The van der Waals surface area contributed by atoms with E-state index in [0.717, 1.165) is 16.7 Å². The highest BCUT2D eigenvalue weighted by atomic mass is 16.3. The summed E-state index contributed by atoms with van der Waals surface area (Å²) in [6.45, 7) is 2.44. The van der Waals surface area contributed by atoms with Gasteiger partial charge in [0.2, 0.25) is 0 Å². The van der Waals surface area contributed by atoms with Crippen LogP contribution in [0, 0.1) is 6.92 Å². The molecule has 2 aromatic carbocycles. The van der Waals surface area contributed by atoms with E-state index < -0.39 is 6.10 Å². The first-order valence-corrected chi connectivity index (χ1v) is 6.22. The van der Waals surface area contributed by atoms with Crippen LogP contribution in [0.2, 0.25) is 0 Å². The Hall–Kier alpha value is -1.64. The zero-order chi connectivity index (χ0) is 13.0. The summed E-state index contributed by atoms with van der Waals surface area (Å²) in [6, 6.07) is 17.8. The quantitative estimate of drug-likeness (QED) is 0.864. The van der Waals surface area contributed by atoms with E-state index in [9.17, 15) is 5.11 Å². The minimum Gasteiger partial charge on any atom is -0.388 e. The van der Waals surface area contributed by atoms with E-state index in [1.165, 1.54) is 0 Å². The molecule has 94 valence electrons. The fourth-order valence-corrected chi connectivity index (χ4v) is 2.28. The van der Waals surface area contributed by atoms with Crippen molar-refractivity contribution in [1.82, 2.24) is 0 Å². The molecule has 2 heteroatoms. The van der Waals surface area contributed by atoms with E-state index in [-0.39, 0.29) is 5.92 Å². The topological polar surface area (TPSA) is 46.2 Å². The summed E-state index contributed by atoms with van der Waals surface area (Å²) in [4.78, 5) is 0. The van der Waals surface area contributed by atoms with Crippen molar-refractivity contribution in [3.8, 4) is 0 Å². The Bertz CT molecular complexity index is 495. The maximum absolute atomic E-state index is 10.5. The highest BCUT2D eigenvalue weighted by Gasteiger charge is 2.22. The van der Waals surface area contributed by atoms with Gasteiger partial charge in [0.05, 0.1) is 6.10 Å². The second-order valence-corrected chi connectivity index (χ2v) is 4.55. The molecule has 0 aromatic heterocycles. The van der Waals surface area contributed by atoms with E-state index in [1.54, 1.807) is 0 Å². The third-order valence-electron chi connectivity index (χ3n) is 3.37. The standard InChI is InChI=1S/C16H19NO/c1-12-7-5-6-10-14(12)16(18)15(11-17)13-8-3-2-4-9-13/h2-10,15-16,18H,11,17H2,1H3. The lowest BCUT2D eigenvalue weighted by atomic mass is 9.87. The highest BCUT2D eigenvalue weighted by molar-refractivity contribution is 5.32. The molecule has 0 aliphatic carbocycles. The molecular weight excluding hydrogens is 222 g/mol. The zero-order valence-corrected chi connectivity index (χ0v) is 10.6. The summed E-state index contributed by atoms with van der Waals surface area (Å²) in [5.74, 6) is -0.0627. The molecule has 2 rings (SSSR count). The predicted molar refractivity (Wildman–Crippen MR) is 74.4 cm³/mol. The van der Waals surface area contributed by atoms with Crippen LogP contribution in [-0.2, 0) is 0 Å². The molecule has 3 N–H and O–H groups in total. The van der Waals surface area contributed by atoms with Crippen LogP contribution in [0.15, 0.2) is 54.6 Å². The lowest BCUT2D eigenvalue weighted by molar-refractivity contribution is 0.147. The van der Waals surface area contributed by atoms with E-state index in [1.807, 2.05) is 61.5 Å². The number of hydrogen-bond donors (Lipinski definition) is 2. The summed E-state index contributed by atoms with van der Waals surface area (Å²) in [7, 11) is 0. The number of aryl methyl sites for hydroxylation is 1. The Labute approximate surface area is 108 Å². The Morgan fingerprint density at radius 2 is 1.61 bits per heavy atom. The first kappa shape index (κ1) is 12.8. The molecule has 0 saturated heterocycles. The van der Waals surface area contributed by atoms with Gasteiger partial charge in [-0.2, -0.15) is 0 Å². The van der Waals surface area contributed by atoms with Gasteiger partial charge in [-0.1, -0.05) is 54.6 Å². The summed E-state index contributed by atoms with van der Waals surface area (Å²) in [5, 5.41) is 10.5. The first-order valence-electron chi connectivity index (χ1n) is 6.22. The van der Waals surface area contributed by atoms with Crippen LogP contribution in [0.5, 0.6) is 0 Å². The third kappa shape index (κ3) is 2.61. The molecule has 0 spiro atoms. The van der Waals surface area contributed by atoms with Crippen LogP contribution < -0.4 is 5.73 Å². The monoisotopic (exact) mass is 241 g/mol. The summed E-state index contributed by atoms with van der Waals surface area (Å²) in [5.41, 5.74) is 8.96. The summed E-state index contributed by atoms with van der Waals surface area (Å²) in [6.07, 6.45) is -0.557. The van der Waals surface area contributed by atoms with Crippen molar-refractivity contribution in [3.05, 3.63) is 71.3 Å². The van der Waals surface area contributed by atoms with Crippen LogP contribution in [0.1, 0.15) is 28.7 Å². The average molecular weight is 241 g/mol. The largest absolute Gasteiger partial charge is 0.388 e. The Morgan fingerprint density at radius 3 is 2.22 bits per heavy atom. The molecule has 2 unspecified atom stereocenters. The van der Waals surface area contributed by atoms with Crippen LogP contribution in [0.25, 0.3) is 0 Å². The first-order chi connectivity index (χ1) is 8.74. The average Bonchev–Trinajstić information content (AvgIpc) is 2.41. The molecule has 0 amide bonds. The molecule has 0 heterocycles. The van der Waals surface area contributed by atoms with E-state index in [2.05, 4.69) is 0 Å². The number of aliphatic hydroxyl groups is 1. The fourth-order valence-electron chi connectivity index (χ4n) is 2.28. The number of nitrogens with two attached hydrogens (primary N) is 1. The number of rotatable bonds is 4. The smallest absolute Gasteiger partial charge is 0.0873 e. The zero-order valence-electron chi connectivity index (χ0n) is 10.6. The maximum atomic E-state index is 10.5. The second-order valence-electron chi connectivity index (χ2n) is 4.55. The minimum atomic E-state index is -0.557. The number of hydrogen-bond acceptors (Lipinski definition) is 2. The lowest BCUT2D eigenvalue weighted by Gasteiger charge is -2.23. The molecule has 0 aliphatic rings. The minimum absolute atomic E-state index is 0.0627. The van der Waals surface area contributed by atoms with Crippen molar-refractivity contribution in [3.63, 3.8) is 0 Å². The normalized spacial score (nSPS) is 14.2. The molecule has 0 bridgehead atoms. The van der Waals surface area contributed by atoms with Crippen LogP contribution in [0.4, 0.5) is 0 Å². The Morgan fingerprint density at radius 1 is 1.00 bits per heavy atom. The van der Waals surface area contributed by atoms with Crippen molar-refractivity contribution >= 4 is 0 Å². The second kappa shape index (κ2) is 5.80. The van der Waals surface area contributed by atoms with Gasteiger partial charge in [0.1, 0.15) is 0 Å². The van der Waals surface area contributed by atoms with Crippen LogP contribution >= 0.6 is 0 Å².